The number of nitrogens with one attached hydrogen (secondary N) is 1. The van der Waals surface area contributed by atoms with Crippen LogP contribution in [0.3, 0.4) is 0 Å². The van der Waals surface area contributed by atoms with Gasteiger partial charge in [0.15, 0.2) is 0 Å². The van der Waals surface area contributed by atoms with Gasteiger partial charge in [-0.1, -0.05) is 0 Å². The van der Waals surface area contributed by atoms with Crippen molar-refractivity contribution in [2.45, 2.75) is 51.9 Å². The number of amides is 2. The number of aromatic nitrogens is 3. The van der Waals surface area contributed by atoms with Gasteiger partial charge in [0.05, 0.1) is 17.4 Å². The highest BCUT2D eigenvalue weighted by molar-refractivity contribution is 5.90. The van der Waals surface area contributed by atoms with Crippen LogP contribution in [0, 0.1) is 6.92 Å². The minimum absolute atomic E-state index is 0.127. The number of hydrogen-bond donors (Lipinski definition) is 1. The van der Waals surface area contributed by atoms with E-state index in [4.69, 9.17) is 0 Å². The third kappa shape index (κ3) is 4.06. The maximum absolute atomic E-state index is 12.8. The Morgan fingerprint density at radius 3 is 2.78 bits per heavy atom. The van der Waals surface area contributed by atoms with Gasteiger partial charge >= 0.3 is 12.2 Å². The molecule has 0 aliphatic carbocycles. The number of piperidine rings is 1. The van der Waals surface area contributed by atoms with Crippen LogP contribution < -0.4 is 5.32 Å². The predicted molar refractivity (Wildman–Crippen MR) is 94.2 cm³/mol. The summed E-state index contributed by atoms with van der Waals surface area (Å²) in [6, 6.07) is 1.61. The maximum atomic E-state index is 12.8. The van der Waals surface area contributed by atoms with Gasteiger partial charge in [0, 0.05) is 25.5 Å². The average molecular weight is 381 g/mol. The fraction of sp³-hybridized carbons (Fsp3) is 0.500. The summed E-state index contributed by atoms with van der Waals surface area (Å²) in [5.41, 5.74) is -0.572. The topological polar surface area (TPSA) is 63.1 Å². The van der Waals surface area contributed by atoms with Crippen LogP contribution in [0.5, 0.6) is 0 Å². The number of likely N-dealkylation sites (tertiary alicyclic amines) is 1. The third-order valence-electron chi connectivity index (χ3n) is 4.77. The molecule has 1 aliphatic rings. The van der Waals surface area contributed by atoms with E-state index in [0.717, 1.165) is 37.7 Å². The lowest BCUT2D eigenvalue weighted by molar-refractivity contribution is -0.141. The van der Waals surface area contributed by atoms with Gasteiger partial charge in [-0.15, -0.1) is 0 Å². The molecule has 3 rings (SSSR count). The second-order valence-electron chi connectivity index (χ2n) is 6.53. The standard InChI is InChI=1S/C18H22F3N5O/c1-3-25-11-9-22-16(25)14-6-4-5-10-26(14)17(27)24-13-7-8-15(18(19,20)21)23-12(13)2/h7-9,11,14H,3-6,10H2,1-2H3,(H,24,27). The van der Waals surface area contributed by atoms with Gasteiger partial charge in [0.2, 0.25) is 0 Å². The molecule has 1 atom stereocenters. The van der Waals surface area contributed by atoms with Gasteiger partial charge < -0.3 is 14.8 Å². The highest BCUT2D eigenvalue weighted by Crippen LogP contribution is 2.32. The van der Waals surface area contributed by atoms with Crippen molar-refractivity contribution in [1.29, 1.82) is 0 Å². The van der Waals surface area contributed by atoms with Crippen LogP contribution in [0.2, 0.25) is 0 Å². The molecule has 1 N–H and O–H groups in total. The third-order valence-corrected chi connectivity index (χ3v) is 4.77. The van der Waals surface area contributed by atoms with Crippen LogP contribution in [-0.4, -0.2) is 32.0 Å². The normalized spacial score (nSPS) is 17.8. The molecule has 0 radical (unpaired) electrons. The van der Waals surface area contributed by atoms with E-state index in [1.54, 1.807) is 11.1 Å². The number of carbonyl (C=O) groups is 1. The summed E-state index contributed by atoms with van der Waals surface area (Å²) in [7, 11) is 0. The molecule has 0 saturated carbocycles. The number of halogens is 3. The zero-order chi connectivity index (χ0) is 19.6. The van der Waals surface area contributed by atoms with Gasteiger partial charge in [0.1, 0.15) is 11.5 Å². The summed E-state index contributed by atoms with van der Waals surface area (Å²) in [6.07, 6.45) is 1.75. The Balaban J connectivity index is 1.80. The van der Waals surface area contributed by atoms with Crippen molar-refractivity contribution in [1.82, 2.24) is 19.4 Å². The number of pyridine rings is 1. The molecule has 146 valence electrons. The van der Waals surface area contributed by atoms with Crippen molar-refractivity contribution in [3.8, 4) is 0 Å². The average Bonchev–Trinajstić information content (AvgIpc) is 3.11. The van der Waals surface area contributed by atoms with Crippen LogP contribution in [0.25, 0.3) is 0 Å². The quantitative estimate of drug-likeness (QED) is 0.858. The first-order valence-electron chi connectivity index (χ1n) is 8.94. The van der Waals surface area contributed by atoms with Gasteiger partial charge in [-0.05, 0) is 45.2 Å². The molecule has 2 aromatic rings. The molecule has 1 saturated heterocycles. The summed E-state index contributed by atoms with van der Waals surface area (Å²) in [4.78, 5) is 22.5. The van der Waals surface area contributed by atoms with Crippen molar-refractivity contribution < 1.29 is 18.0 Å². The number of alkyl halides is 3. The van der Waals surface area contributed by atoms with Gasteiger partial charge in [-0.25, -0.2) is 14.8 Å². The van der Waals surface area contributed by atoms with E-state index in [1.807, 2.05) is 17.7 Å². The summed E-state index contributed by atoms with van der Waals surface area (Å²) in [6.45, 7) is 4.78. The Labute approximate surface area is 155 Å². The number of imidazole rings is 1. The van der Waals surface area contributed by atoms with Crippen molar-refractivity contribution >= 4 is 11.7 Å². The van der Waals surface area contributed by atoms with Crippen LogP contribution in [0.1, 0.15) is 49.4 Å². The molecule has 6 nitrogen and oxygen atoms in total. The molecule has 1 fully saturated rings. The smallest absolute Gasteiger partial charge is 0.333 e. The van der Waals surface area contributed by atoms with Crippen molar-refractivity contribution in [2.24, 2.45) is 0 Å². The molecule has 0 aromatic carbocycles. The highest BCUT2D eigenvalue weighted by Gasteiger charge is 2.34. The van der Waals surface area contributed by atoms with Gasteiger partial charge in [-0.3, -0.25) is 0 Å². The summed E-state index contributed by atoms with van der Waals surface area (Å²) in [5.74, 6) is 0.828. The number of nitrogens with zero attached hydrogens (tertiary/aromatic N) is 4. The molecule has 9 heteroatoms. The number of hydrogen-bond acceptors (Lipinski definition) is 3. The first-order valence-corrected chi connectivity index (χ1v) is 8.94. The van der Waals surface area contributed by atoms with Crippen molar-refractivity contribution in [3.63, 3.8) is 0 Å². The summed E-state index contributed by atoms with van der Waals surface area (Å²) in [5, 5.41) is 2.71. The Morgan fingerprint density at radius 1 is 1.33 bits per heavy atom. The number of rotatable bonds is 3. The van der Waals surface area contributed by atoms with Gasteiger partial charge in [0.25, 0.3) is 0 Å². The van der Waals surface area contributed by atoms with Crippen molar-refractivity contribution in [2.75, 3.05) is 11.9 Å². The van der Waals surface area contributed by atoms with Crippen LogP contribution in [0.15, 0.2) is 24.5 Å². The molecule has 1 unspecified atom stereocenters. The largest absolute Gasteiger partial charge is 0.433 e. The Hall–Kier alpha value is -2.58. The molecule has 1 aliphatic heterocycles. The lowest BCUT2D eigenvalue weighted by atomic mass is 10.0. The fourth-order valence-corrected chi connectivity index (χ4v) is 3.37. The molecule has 2 aromatic heterocycles. The van der Waals surface area contributed by atoms with E-state index in [0.29, 0.717) is 6.54 Å². The number of carbonyl (C=O) groups excluding carboxylic acids is 1. The second kappa shape index (κ2) is 7.58. The van der Waals surface area contributed by atoms with Crippen LogP contribution >= 0.6 is 0 Å². The molecule has 3 heterocycles. The Morgan fingerprint density at radius 2 is 2.11 bits per heavy atom. The van der Waals surface area contributed by atoms with E-state index in [9.17, 15) is 18.0 Å². The Kier molecular flexibility index (Phi) is 5.38. The maximum Gasteiger partial charge on any atom is 0.433 e. The van der Waals surface area contributed by atoms with Crippen LogP contribution in [-0.2, 0) is 12.7 Å². The summed E-state index contributed by atoms with van der Waals surface area (Å²) >= 11 is 0. The first kappa shape index (κ1) is 19.2. The minimum Gasteiger partial charge on any atom is -0.333 e. The van der Waals surface area contributed by atoms with E-state index in [1.165, 1.54) is 13.0 Å². The van der Waals surface area contributed by atoms with E-state index < -0.39 is 11.9 Å². The number of urea groups is 1. The van der Waals surface area contributed by atoms with E-state index in [2.05, 4.69) is 15.3 Å². The number of anilines is 1. The Bertz CT molecular complexity index is 818. The lowest BCUT2D eigenvalue weighted by Gasteiger charge is -2.35. The molecule has 2 amide bonds. The summed E-state index contributed by atoms with van der Waals surface area (Å²) < 4.78 is 40.3. The minimum atomic E-state index is -4.51. The monoisotopic (exact) mass is 381 g/mol. The van der Waals surface area contributed by atoms with Crippen LogP contribution in [0.4, 0.5) is 23.7 Å². The lowest BCUT2D eigenvalue weighted by Crippen LogP contribution is -2.42. The van der Waals surface area contributed by atoms with Gasteiger partial charge in [-0.2, -0.15) is 13.2 Å². The molecular formula is C18H22F3N5O. The first-order chi connectivity index (χ1) is 12.8. The second-order valence-corrected chi connectivity index (χ2v) is 6.53. The SMILES string of the molecule is CCn1ccnc1C1CCCCN1C(=O)Nc1ccc(C(F)(F)F)nc1C. The fourth-order valence-electron chi connectivity index (χ4n) is 3.37. The highest BCUT2D eigenvalue weighted by atomic mass is 19.4. The predicted octanol–water partition coefficient (Wildman–Crippen LogP) is 4.38. The van der Waals surface area contributed by atoms with E-state index >= 15 is 0 Å². The molecule has 0 spiro atoms. The van der Waals surface area contributed by atoms with E-state index in [-0.39, 0.29) is 23.5 Å². The van der Waals surface area contributed by atoms with Crippen molar-refractivity contribution in [3.05, 3.63) is 41.7 Å². The molecule has 27 heavy (non-hydrogen) atoms. The number of aryl methyl sites for hydroxylation is 2. The zero-order valence-corrected chi connectivity index (χ0v) is 15.3. The molecule has 0 bridgehead atoms. The zero-order valence-electron chi connectivity index (χ0n) is 15.3. The molecular weight excluding hydrogens is 359 g/mol.